The number of rotatable bonds is 5. The highest BCUT2D eigenvalue weighted by molar-refractivity contribution is 5.91. The second-order valence-electron chi connectivity index (χ2n) is 6.52. The van der Waals surface area contributed by atoms with Crippen molar-refractivity contribution in [2.45, 2.75) is 0 Å². The van der Waals surface area contributed by atoms with E-state index in [2.05, 4.69) is 25.3 Å². The summed E-state index contributed by atoms with van der Waals surface area (Å²) in [6.45, 7) is 5.12. The molecule has 3 aromatic rings. The summed E-state index contributed by atoms with van der Waals surface area (Å²) in [5.74, 6) is 0.0856. The van der Waals surface area contributed by atoms with Crippen LogP contribution in [0.5, 0.6) is 0 Å². The zero-order valence-corrected chi connectivity index (χ0v) is 15.2. The third kappa shape index (κ3) is 3.69. The number of benzene rings is 1. The summed E-state index contributed by atoms with van der Waals surface area (Å²) in [6, 6.07) is 4.66. The number of ether oxygens (including phenoxy) is 1. The molecule has 1 aliphatic heterocycles. The summed E-state index contributed by atoms with van der Waals surface area (Å²) in [4.78, 5) is 11.3. The highest BCUT2D eigenvalue weighted by Crippen LogP contribution is 2.28. The monoisotopic (exact) mass is 371 g/mol. The van der Waals surface area contributed by atoms with Crippen molar-refractivity contribution in [3.05, 3.63) is 30.2 Å². The molecular weight excluding hydrogens is 349 g/mol. The minimum absolute atomic E-state index is 0.113. The predicted molar refractivity (Wildman–Crippen MR) is 102 cm³/mol. The van der Waals surface area contributed by atoms with Gasteiger partial charge >= 0.3 is 0 Å². The number of nitrogen functional groups attached to an aromatic ring is 1. The van der Waals surface area contributed by atoms with Crippen LogP contribution in [-0.2, 0) is 11.8 Å². The Morgan fingerprint density at radius 2 is 2.11 bits per heavy atom. The number of nitrogens with one attached hydrogen (secondary N) is 1. The third-order valence-electron chi connectivity index (χ3n) is 4.67. The number of morpholine rings is 1. The van der Waals surface area contributed by atoms with Gasteiger partial charge in [-0.1, -0.05) is 6.07 Å². The van der Waals surface area contributed by atoms with Crippen LogP contribution in [0.3, 0.4) is 0 Å². The van der Waals surface area contributed by atoms with Crippen LogP contribution in [0.4, 0.5) is 16.0 Å². The van der Waals surface area contributed by atoms with Gasteiger partial charge in [0.2, 0.25) is 5.95 Å². The Kier molecular flexibility index (Phi) is 4.87. The van der Waals surface area contributed by atoms with Crippen LogP contribution >= 0.6 is 0 Å². The molecule has 0 spiro atoms. The van der Waals surface area contributed by atoms with E-state index in [9.17, 15) is 4.39 Å². The molecule has 27 heavy (non-hydrogen) atoms. The van der Waals surface area contributed by atoms with Crippen molar-refractivity contribution < 1.29 is 9.13 Å². The van der Waals surface area contributed by atoms with Crippen LogP contribution in [0.25, 0.3) is 22.3 Å². The maximum absolute atomic E-state index is 13.8. The SMILES string of the molecule is Cn1nc(-c2ccc(N)c(F)c2)c2cnc(NCCN3CCOCC3)nc21. The van der Waals surface area contributed by atoms with Crippen molar-refractivity contribution in [2.24, 2.45) is 7.05 Å². The quantitative estimate of drug-likeness (QED) is 0.656. The van der Waals surface area contributed by atoms with Gasteiger partial charge < -0.3 is 15.8 Å². The first-order valence-electron chi connectivity index (χ1n) is 8.91. The zero-order valence-electron chi connectivity index (χ0n) is 15.2. The Bertz CT molecular complexity index is 952. The molecule has 1 aromatic carbocycles. The van der Waals surface area contributed by atoms with Gasteiger partial charge in [0.25, 0.3) is 0 Å². The molecule has 4 rings (SSSR count). The standard InChI is InChI=1S/C18H22FN7O/c1-25-17-13(16(24-25)12-2-3-15(20)14(19)10-12)11-22-18(23-17)21-4-5-26-6-8-27-9-7-26/h2-3,10-11H,4-9,20H2,1H3,(H,21,22,23). The van der Waals surface area contributed by atoms with Gasteiger partial charge in [0.1, 0.15) is 11.5 Å². The van der Waals surface area contributed by atoms with E-state index >= 15 is 0 Å². The van der Waals surface area contributed by atoms with Crippen LogP contribution in [0.2, 0.25) is 0 Å². The molecular formula is C18H22FN7O. The first kappa shape index (κ1) is 17.6. The van der Waals surface area contributed by atoms with Gasteiger partial charge in [-0.3, -0.25) is 4.90 Å². The largest absolute Gasteiger partial charge is 0.396 e. The van der Waals surface area contributed by atoms with Crippen molar-refractivity contribution in [2.75, 3.05) is 50.4 Å². The Balaban J connectivity index is 1.52. The number of nitrogens with zero attached hydrogens (tertiary/aromatic N) is 5. The topological polar surface area (TPSA) is 94.1 Å². The smallest absolute Gasteiger partial charge is 0.224 e. The fourth-order valence-corrected chi connectivity index (χ4v) is 3.16. The number of hydrogen-bond donors (Lipinski definition) is 2. The van der Waals surface area contributed by atoms with Gasteiger partial charge in [-0.05, 0) is 12.1 Å². The molecule has 9 heteroatoms. The number of aryl methyl sites for hydroxylation is 1. The molecule has 0 unspecified atom stereocenters. The van der Waals surface area contributed by atoms with Crippen LogP contribution in [0, 0.1) is 5.82 Å². The summed E-state index contributed by atoms with van der Waals surface area (Å²) in [5, 5.41) is 8.50. The predicted octanol–water partition coefficient (Wildman–Crippen LogP) is 1.50. The number of aromatic nitrogens is 4. The van der Waals surface area contributed by atoms with Crippen molar-refractivity contribution in [3.8, 4) is 11.3 Å². The van der Waals surface area contributed by atoms with Crippen LogP contribution in [0.1, 0.15) is 0 Å². The summed E-state index contributed by atoms with van der Waals surface area (Å²) in [6.07, 6.45) is 1.72. The summed E-state index contributed by atoms with van der Waals surface area (Å²) in [5.41, 5.74) is 7.63. The Morgan fingerprint density at radius 1 is 1.30 bits per heavy atom. The zero-order chi connectivity index (χ0) is 18.8. The van der Waals surface area contributed by atoms with E-state index in [-0.39, 0.29) is 5.69 Å². The maximum atomic E-state index is 13.8. The number of halogens is 1. The molecule has 1 fully saturated rings. The molecule has 0 radical (unpaired) electrons. The van der Waals surface area contributed by atoms with E-state index in [1.54, 1.807) is 16.9 Å². The van der Waals surface area contributed by atoms with Gasteiger partial charge in [-0.15, -0.1) is 0 Å². The maximum Gasteiger partial charge on any atom is 0.224 e. The van der Waals surface area contributed by atoms with Crippen LogP contribution in [-0.4, -0.2) is 64.0 Å². The first-order valence-corrected chi connectivity index (χ1v) is 8.91. The second kappa shape index (κ2) is 7.45. The van der Waals surface area contributed by atoms with Gasteiger partial charge in [-0.25, -0.2) is 14.1 Å². The van der Waals surface area contributed by atoms with Crippen molar-refractivity contribution in [1.29, 1.82) is 0 Å². The van der Waals surface area contributed by atoms with Crippen molar-refractivity contribution in [3.63, 3.8) is 0 Å². The number of fused-ring (bicyclic) bond motifs is 1. The number of hydrogen-bond acceptors (Lipinski definition) is 7. The van der Waals surface area contributed by atoms with Gasteiger partial charge in [0.05, 0.1) is 24.3 Å². The molecule has 3 heterocycles. The molecule has 0 amide bonds. The van der Waals surface area contributed by atoms with Gasteiger partial charge in [0.15, 0.2) is 5.65 Å². The lowest BCUT2D eigenvalue weighted by Gasteiger charge is -2.26. The van der Waals surface area contributed by atoms with E-state index in [0.717, 1.165) is 44.8 Å². The molecule has 0 bridgehead atoms. The molecule has 1 saturated heterocycles. The lowest BCUT2D eigenvalue weighted by Crippen LogP contribution is -2.39. The Labute approximate surface area is 156 Å². The lowest BCUT2D eigenvalue weighted by molar-refractivity contribution is 0.0398. The lowest BCUT2D eigenvalue weighted by atomic mass is 10.1. The first-order chi connectivity index (χ1) is 13.1. The Hall–Kier alpha value is -2.78. The van der Waals surface area contributed by atoms with Crippen molar-refractivity contribution >= 4 is 22.7 Å². The molecule has 0 aliphatic carbocycles. The second-order valence-corrected chi connectivity index (χ2v) is 6.52. The third-order valence-corrected chi connectivity index (χ3v) is 4.67. The minimum atomic E-state index is -0.464. The summed E-state index contributed by atoms with van der Waals surface area (Å²) < 4.78 is 20.8. The van der Waals surface area contributed by atoms with E-state index in [1.165, 1.54) is 12.1 Å². The fourth-order valence-electron chi connectivity index (χ4n) is 3.16. The molecule has 0 saturated carbocycles. The normalized spacial score (nSPS) is 15.3. The highest BCUT2D eigenvalue weighted by atomic mass is 19.1. The van der Waals surface area contributed by atoms with Crippen LogP contribution in [0.15, 0.2) is 24.4 Å². The summed E-state index contributed by atoms with van der Waals surface area (Å²) >= 11 is 0. The number of nitrogens with two attached hydrogens (primary N) is 1. The minimum Gasteiger partial charge on any atom is -0.396 e. The average molecular weight is 371 g/mol. The molecule has 3 N–H and O–H groups in total. The highest BCUT2D eigenvalue weighted by Gasteiger charge is 2.15. The number of anilines is 2. The van der Waals surface area contributed by atoms with E-state index in [1.807, 2.05) is 7.05 Å². The van der Waals surface area contributed by atoms with E-state index in [4.69, 9.17) is 10.5 Å². The average Bonchev–Trinajstić information content (AvgIpc) is 3.01. The Morgan fingerprint density at radius 3 is 2.89 bits per heavy atom. The molecule has 0 atom stereocenters. The molecule has 2 aromatic heterocycles. The van der Waals surface area contributed by atoms with E-state index in [0.29, 0.717) is 22.9 Å². The van der Waals surface area contributed by atoms with Gasteiger partial charge in [-0.2, -0.15) is 10.1 Å². The van der Waals surface area contributed by atoms with Crippen molar-refractivity contribution in [1.82, 2.24) is 24.6 Å². The molecule has 142 valence electrons. The fraction of sp³-hybridized carbons (Fsp3) is 0.389. The van der Waals surface area contributed by atoms with Gasteiger partial charge in [0, 0.05) is 45.0 Å². The molecule has 8 nitrogen and oxygen atoms in total. The van der Waals surface area contributed by atoms with E-state index < -0.39 is 5.82 Å². The van der Waals surface area contributed by atoms with Crippen LogP contribution < -0.4 is 11.1 Å². The molecule has 1 aliphatic rings. The summed E-state index contributed by atoms with van der Waals surface area (Å²) in [7, 11) is 1.81.